The zero-order valence-electron chi connectivity index (χ0n) is 9.42. The summed E-state index contributed by atoms with van der Waals surface area (Å²) in [4.78, 5) is 24.5. The molecule has 0 atom stereocenters. The molecule has 0 aromatic heterocycles. The number of ketones is 1. The van der Waals surface area contributed by atoms with Crippen molar-refractivity contribution in [2.45, 2.75) is 45.4 Å². The number of likely N-dealkylation sites (tertiary alicyclic amines) is 1. The number of nitrogens with zero attached hydrogens (tertiary/aromatic N) is 1. The van der Waals surface area contributed by atoms with E-state index in [0.717, 1.165) is 19.5 Å². The second-order valence-corrected chi connectivity index (χ2v) is 5.15. The van der Waals surface area contributed by atoms with Gasteiger partial charge in [-0.1, -0.05) is 12.8 Å². The van der Waals surface area contributed by atoms with E-state index in [-0.39, 0.29) is 18.1 Å². The number of Topliss-reactive ketones (excluding diaryl/α,β-unsaturated/α-hetero) is 1. The third-order valence-corrected chi connectivity index (χ3v) is 3.86. The standard InChI is InChI=1S/C12H19NO2/c1-10(14)8-11(15)13-7-6-12(9-13)4-2-3-5-12/h2-9H2,1H3. The molecule has 0 radical (unpaired) electrons. The minimum absolute atomic E-state index is 0.0210. The van der Waals surface area contributed by atoms with Gasteiger partial charge in [-0.25, -0.2) is 0 Å². The van der Waals surface area contributed by atoms with Crippen molar-refractivity contribution < 1.29 is 9.59 Å². The third kappa shape index (κ3) is 2.21. The van der Waals surface area contributed by atoms with Crippen molar-refractivity contribution in [1.82, 2.24) is 4.90 Å². The highest BCUT2D eigenvalue weighted by Crippen LogP contribution is 2.45. The number of rotatable bonds is 2. The highest BCUT2D eigenvalue weighted by atomic mass is 16.2. The summed E-state index contributed by atoms with van der Waals surface area (Å²) < 4.78 is 0. The van der Waals surface area contributed by atoms with Gasteiger partial charge >= 0.3 is 0 Å². The van der Waals surface area contributed by atoms with Crippen LogP contribution in [0.25, 0.3) is 0 Å². The molecule has 2 aliphatic rings. The van der Waals surface area contributed by atoms with Gasteiger partial charge in [-0.15, -0.1) is 0 Å². The Morgan fingerprint density at radius 3 is 2.47 bits per heavy atom. The lowest BCUT2D eigenvalue weighted by Gasteiger charge is -2.23. The quantitative estimate of drug-likeness (QED) is 0.650. The Labute approximate surface area is 90.8 Å². The summed E-state index contributed by atoms with van der Waals surface area (Å²) in [6.45, 7) is 3.25. The van der Waals surface area contributed by atoms with Crippen LogP contribution in [0.4, 0.5) is 0 Å². The molecule has 0 unspecified atom stereocenters. The predicted molar refractivity (Wildman–Crippen MR) is 57.4 cm³/mol. The largest absolute Gasteiger partial charge is 0.342 e. The lowest BCUT2D eigenvalue weighted by Crippen LogP contribution is -2.32. The fourth-order valence-electron chi connectivity index (χ4n) is 3.01. The molecule has 2 fully saturated rings. The Morgan fingerprint density at radius 1 is 1.20 bits per heavy atom. The van der Waals surface area contributed by atoms with Crippen molar-refractivity contribution in [3.63, 3.8) is 0 Å². The SMILES string of the molecule is CC(=O)CC(=O)N1CCC2(CCCC2)C1. The molecule has 2 rings (SSSR count). The van der Waals surface area contributed by atoms with E-state index in [9.17, 15) is 9.59 Å². The van der Waals surface area contributed by atoms with Gasteiger partial charge in [0.15, 0.2) is 0 Å². The zero-order valence-corrected chi connectivity index (χ0v) is 9.42. The van der Waals surface area contributed by atoms with Gasteiger partial charge in [0.2, 0.25) is 5.91 Å². The zero-order chi connectivity index (χ0) is 10.9. The molecular formula is C12H19NO2. The number of amides is 1. The highest BCUT2D eigenvalue weighted by Gasteiger charge is 2.41. The predicted octanol–water partition coefficient (Wildman–Crippen LogP) is 1.76. The smallest absolute Gasteiger partial charge is 0.230 e. The molecule has 0 aromatic carbocycles. The molecule has 0 N–H and O–H groups in total. The Balaban J connectivity index is 1.91. The molecule has 1 saturated carbocycles. The number of hydrogen-bond acceptors (Lipinski definition) is 2. The minimum atomic E-state index is -0.0210. The maximum Gasteiger partial charge on any atom is 0.230 e. The average molecular weight is 209 g/mol. The van der Waals surface area contributed by atoms with Crippen LogP contribution in [0.5, 0.6) is 0 Å². The molecule has 84 valence electrons. The Kier molecular flexibility index (Phi) is 2.81. The highest BCUT2D eigenvalue weighted by molar-refractivity contribution is 5.96. The van der Waals surface area contributed by atoms with Crippen molar-refractivity contribution in [2.24, 2.45) is 5.41 Å². The van der Waals surface area contributed by atoms with Gasteiger partial charge in [-0.05, 0) is 31.6 Å². The van der Waals surface area contributed by atoms with Gasteiger partial charge in [0.05, 0.1) is 6.42 Å². The molecule has 1 aliphatic carbocycles. The molecule has 15 heavy (non-hydrogen) atoms. The van der Waals surface area contributed by atoms with Crippen molar-refractivity contribution in [3.8, 4) is 0 Å². The van der Waals surface area contributed by atoms with E-state index < -0.39 is 0 Å². The molecule has 1 saturated heterocycles. The Hall–Kier alpha value is -0.860. The average Bonchev–Trinajstić information content (AvgIpc) is 2.76. The summed E-state index contributed by atoms with van der Waals surface area (Å²) in [5, 5.41) is 0. The lowest BCUT2D eigenvalue weighted by atomic mass is 9.86. The van der Waals surface area contributed by atoms with Gasteiger partial charge in [-0.2, -0.15) is 0 Å². The molecule has 1 spiro atoms. The van der Waals surface area contributed by atoms with Crippen LogP contribution in [0, 0.1) is 5.41 Å². The third-order valence-electron chi connectivity index (χ3n) is 3.86. The first kappa shape index (κ1) is 10.7. The van der Waals surface area contributed by atoms with Gasteiger partial charge in [-0.3, -0.25) is 9.59 Å². The van der Waals surface area contributed by atoms with Crippen LogP contribution in [-0.2, 0) is 9.59 Å². The van der Waals surface area contributed by atoms with E-state index in [1.807, 2.05) is 4.90 Å². The van der Waals surface area contributed by atoms with E-state index in [0.29, 0.717) is 5.41 Å². The van der Waals surface area contributed by atoms with Gasteiger partial charge in [0.1, 0.15) is 5.78 Å². The molecule has 0 bridgehead atoms. The molecule has 3 nitrogen and oxygen atoms in total. The van der Waals surface area contributed by atoms with Crippen LogP contribution in [-0.4, -0.2) is 29.7 Å². The van der Waals surface area contributed by atoms with Crippen LogP contribution in [0.2, 0.25) is 0 Å². The van der Waals surface area contributed by atoms with E-state index in [4.69, 9.17) is 0 Å². The normalized spacial score (nSPS) is 23.7. The van der Waals surface area contributed by atoms with E-state index in [1.165, 1.54) is 32.6 Å². The lowest BCUT2D eigenvalue weighted by molar-refractivity contribution is -0.134. The summed E-state index contributed by atoms with van der Waals surface area (Å²) in [5.41, 5.74) is 0.423. The van der Waals surface area contributed by atoms with Gasteiger partial charge in [0, 0.05) is 13.1 Å². The van der Waals surface area contributed by atoms with Crippen LogP contribution >= 0.6 is 0 Å². The van der Waals surface area contributed by atoms with E-state index in [1.54, 1.807) is 0 Å². The summed E-state index contributed by atoms with van der Waals surface area (Å²) >= 11 is 0. The van der Waals surface area contributed by atoms with E-state index in [2.05, 4.69) is 0 Å². The fourth-order valence-corrected chi connectivity index (χ4v) is 3.01. The number of carbonyl (C=O) groups is 2. The molecule has 1 heterocycles. The second kappa shape index (κ2) is 3.95. The van der Waals surface area contributed by atoms with Gasteiger partial charge < -0.3 is 4.90 Å². The second-order valence-electron chi connectivity index (χ2n) is 5.15. The monoisotopic (exact) mass is 209 g/mol. The number of hydrogen-bond donors (Lipinski definition) is 0. The first-order valence-electron chi connectivity index (χ1n) is 5.89. The van der Waals surface area contributed by atoms with Crippen LogP contribution < -0.4 is 0 Å². The maximum atomic E-state index is 11.7. The van der Waals surface area contributed by atoms with Crippen LogP contribution in [0.15, 0.2) is 0 Å². The summed E-state index contributed by atoms with van der Waals surface area (Å²) in [6.07, 6.45) is 6.42. The first-order chi connectivity index (χ1) is 7.11. The Morgan fingerprint density at radius 2 is 1.87 bits per heavy atom. The van der Waals surface area contributed by atoms with Crippen molar-refractivity contribution in [2.75, 3.05) is 13.1 Å². The Bertz CT molecular complexity index is 279. The number of carbonyl (C=O) groups excluding carboxylic acids is 2. The van der Waals surface area contributed by atoms with Crippen molar-refractivity contribution in [1.29, 1.82) is 0 Å². The van der Waals surface area contributed by atoms with Gasteiger partial charge in [0.25, 0.3) is 0 Å². The summed E-state index contributed by atoms with van der Waals surface area (Å²) in [6, 6.07) is 0. The summed E-state index contributed by atoms with van der Waals surface area (Å²) in [5.74, 6) is 0.0126. The molecular weight excluding hydrogens is 190 g/mol. The van der Waals surface area contributed by atoms with Crippen LogP contribution in [0.3, 0.4) is 0 Å². The van der Waals surface area contributed by atoms with Crippen LogP contribution in [0.1, 0.15) is 45.4 Å². The maximum absolute atomic E-state index is 11.7. The first-order valence-corrected chi connectivity index (χ1v) is 5.89. The fraction of sp³-hybridized carbons (Fsp3) is 0.833. The van der Waals surface area contributed by atoms with Crippen molar-refractivity contribution in [3.05, 3.63) is 0 Å². The van der Waals surface area contributed by atoms with E-state index >= 15 is 0 Å². The molecule has 0 aromatic rings. The molecule has 1 aliphatic heterocycles. The molecule has 3 heteroatoms. The minimum Gasteiger partial charge on any atom is -0.342 e. The summed E-state index contributed by atoms with van der Waals surface area (Å²) in [7, 11) is 0. The molecule has 1 amide bonds. The topological polar surface area (TPSA) is 37.4 Å². The van der Waals surface area contributed by atoms with Crippen molar-refractivity contribution >= 4 is 11.7 Å².